The monoisotopic (exact) mass is 304 g/mol. The second-order valence-corrected chi connectivity index (χ2v) is 5.05. The first kappa shape index (κ1) is 14.0. The Hall–Kier alpha value is -1.94. The van der Waals surface area contributed by atoms with Crippen LogP contribution in [0.3, 0.4) is 0 Å². The third-order valence-electron chi connectivity index (χ3n) is 3.52. The molecule has 0 aliphatic heterocycles. The van der Waals surface area contributed by atoms with Gasteiger partial charge in [0.15, 0.2) is 0 Å². The zero-order chi connectivity index (χ0) is 14.8. The number of hydrogen-bond acceptors (Lipinski definition) is 3. The van der Waals surface area contributed by atoms with Crippen LogP contribution in [0.5, 0.6) is 5.75 Å². The Labute approximate surface area is 128 Å². The minimum atomic E-state index is 0.0237. The van der Waals surface area contributed by atoms with Gasteiger partial charge in [-0.1, -0.05) is 6.07 Å². The van der Waals surface area contributed by atoms with E-state index >= 15 is 0 Å². The van der Waals surface area contributed by atoms with E-state index in [9.17, 15) is 0 Å². The maximum Gasteiger partial charge on any atom is 0.147 e. The first-order chi connectivity index (χ1) is 10.3. The number of fused-ring (bicyclic) bond motifs is 1. The molecule has 21 heavy (non-hydrogen) atoms. The molecule has 1 aromatic carbocycles. The van der Waals surface area contributed by atoms with Crippen molar-refractivity contribution in [2.45, 2.75) is 25.8 Å². The van der Waals surface area contributed by atoms with Gasteiger partial charge in [0.25, 0.3) is 0 Å². The van der Waals surface area contributed by atoms with E-state index in [1.54, 1.807) is 6.26 Å². The largest absolute Gasteiger partial charge is 0.492 e. The number of hydrogen-bond donors (Lipinski definition) is 0. The van der Waals surface area contributed by atoms with Crippen molar-refractivity contribution in [3.05, 3.63) is 48.2 Å². The van der Waals surface area contributed by atoms with Gasteiger partial charge in [-0.2, -0.15) is 0 Å². The molecule has 0 spiro atoms. The number of ether oxygens (including phenoxy) is 1. The fourth-order valence-electron chi connectivity index (χ4n) is 2.59. The van der Waals surface area contributed by atoms with Gasteiger partial charge in [-0.25, -0.2) is 4.98 Å². The molecule has 0 bridgehead atoms. The molecule has 1 atom stereocenters. The summed E-state index contributed by atoms with van der Waals surface area (Å²) in [6.45, 7) is 4.64. The van der Waals surface area contributed by atoms with Crippen LogP contribution in [-0.4, -0.2) is 16.2 Å². The highest BCUT2D eigenvalue weighted by atomic mass is 35.5. The number of halogens is 1. The molecule has 0 radical (unpaired) electrons. The lowest BCUT2D eigenvalue weighted by molar-refractivity contribution is 0.343. The molecular weight excluding hydrogens is 288 g/mol. The van der Waals surface area contributed by atoms with Gasteiger partial charge in [0.05, 0.1) is 30.3 Å². The van der Waals surface area contributed by atoms with Gasteiger partial charge in [-0.15, -0.1) is 11.6 Å². The molecule has 0 N–H and O–H groups in total. The number of nitrogens with zero attached hydrogens (tertiary/aromatic N) is 2. The molecule has 2 heterocycles. The summed E-state index contributed by atoms with van der Waals surface area (Å²) < 4.78 is 13.3. The van der Waals surface area contributed by atoms with Crippen molar-refractivity contribution < 1.29 is 9.15 Å². The third kappa shape index (κ3) is 2.40. The Morgan fingerprint density at radius 2 is 2.19 bits per heavy atom. The van der Waals surface area contributed by atoms with E-state index in [2.05, 4.69) is 16.5 Å². The molecule has 3 aromatic rings. The van der Waals surface area contributed by atoms with Gasteiger partial charge in [0.1, 0.15) is 22.9 Å². The summed E-state index contributed by atoms with van der Waals surface area (Å²) in [6, 6.07) is 9.80. The second-order valence-electron chi connectivity index (χ2n) is 4.78. The summed E-state index contributed by atoms with van der Waals surface area (Å²) >= 11 is 6.08. The van der Waals surface area contributed by atoms with Crippen molar-refractivity contribution in [1.82, 2.24) is 9.55 Å². The van der Waals surface area contributed by atoms with Crippen LogP contribution in [0.4, 0.5) is 0 Å². The van der Waals surface area contributed by atoms with Crippen LogP contribution >= 0.6 is 11.6 Å². The van der Waals surface area contributed by atoms with Gasteiger partial charge in [0.2, 0.25) is 0 Å². The number of benzene rings is 1. The highest BCUT2D eigenvalue weighted by molar-refractivity contribution is 6.16. The fourth-order valence-corrected chi connectivity index (χ4v) is 2.78. The molecule has 0 aliphatic rings. The molecule has 4 nitrogen and oxygen atoms in total. The predicted molar refractivity (Wildman–Crippen MR) is 83.0 cm³/mol. The third-order valence-corrected chi connectivity index (χ3v) is 3.76. The number of aromatic nitrogens is 2. The normalized spacial score (nSPS) is 12.7. The van der Waals surface area contributed by atoms with Crippen LogP contribution in [0.25, 0.3) is 11.0 Å². The van der Waals surface area contributed by atoms with Crippen molar-refractivity contribution in [3.63, 3.8) is 0 Å². The van der Waals surface area contributed by atoms with Crippen molar-refractivity contribution in [2.75, 3.05) is 6.61 Å². The smallest absolute Gasteiger partial charge is 0.147 e. The van der Waals surface area contributed by atoms with E-state index in [1.807, 2.05) is 37.3 Å². The van der Waals surface area contributed by atoms with Gasteiger partial charge in [0, 0.05) is 0 Å². The lowest BCUT2D eigenvalue weighted by atomic mass is 10.2. The Balaban J connectivity index is 2.19. The van der Waals surface area contributed by atoms with Crippen LogP contribution in [0.1, 0.15) is 31.5 Å². The highest BCUT2D eigenvalue weighted by Crippen LogP contribution is 2.31. The fraction of sp³-hybridized carbons (Fsp3) is 0.312. The first-order valence-corrected chi connectivity index (χ1v) is 7.51. The number of furan rings is 1. The molecule has 110 valence electrons. The summed E-state index contributed by atoms with van der Waals surface area (Å²) in [4.78, 5) is 4.65. The van der Waals surface area contributed by atoms with Crippen LogP contribution < -0.4 is 4.74 Å². The molecule has 0 saturated heterocycles. The Morgan fingerprint density at radius 3 is 2.86 bits per heavy atom. The summed E-state index contributed by atoms with van der Waals surface area (Å²) in [5.74, 6) is 2.81. The molecule has 1 unspecified atom stereocenters. The van der Waals surface area contributed by atoms with E-state index in [-0.39, 0.29) is 6.04 Å². The summed E-state index contributed by atoms with van der Waals surface area (Å²) in [5.41, 5.74) is 1.84. The lowest BCUT2D eigenvalue weighted by Gasteiger charge is -2.14. The maximum absolute atomic E-state index is 6.08. The van der Waals surface area contributed by atoms with E-state index < -0.39 is 0 Å². The zero-order valence-electron chi connectivity index (χ0n) is 12.0. The number of imidazole rings is 1. The summed E-state index contributed by atoms with van der Waals surface area (Å²) in [5, 5.41) is 0. The second kappa shape index (κ2) is 5.82. The van der Waals surface area contributed by atoms with Gasteiger partial charge in [-0.3, -0.25) is 0 Å². The topological polar surface area (TPSA) is 40.2 Å². The van der Waals surface area contributed by atoms with E-state index in [4.69, 9.17) is 20.8 Å². The molecular formula is C16H17ClN2O2. The molecule has 0 aliphatic carbocycles. The van der Waals surface area contributed by atoms with E-state index in [0.717, 1.165) is 28.4 Å². The molecule has 5 heteroatoms. The lowest BCUT2D eigenvalue weighted by Crippen LogP contribution is -2.09. The number of alkyl halides is 1. The molecule has 2 aromatic heterocycles. The highest BCUT2D eigenvalue weighted by Gasteiger charge is 2.20. The minimum absolute atomic E-state index is 0.0237. The Morgan fingerprint density at radius 1 is 1.33 bits per heavy atom. The molecule has 0 fully saturated rings. The van der Waals surface area contributed by atoms with Gasteiger partial charge >= 0.3 is 0 Å². The molecule has 0 saturated carbocycles. The Bertz CT molecular complexity index is 734. The standard InChI is InChI=1S/C16H17ClN2O2/c1-3-20-14-7-4-6-12-16(14)18-15(10-17)19(12)11(2)13-8-5-9-21-13/h4-9,11H,3,10H2,1-2H3. The molecule has 3 rings (SSSR count). The van der Waals surface area contributed by atoms with Crippen molar-refractivity contribution in [3.8, 4) is 5.75 Å². The quantitative estimate of drug-likeness (QED) is 0.657. The average molecular weight is 305 g/mol. The van der Waals surface area contributed by atoms with Gasteiger partial charge < -0.3 is 13.7 Å². The van der Waals surface area contributed by atoms with E-state index in [0.29, 0.717) is 12.5 Å². The predicted octanol–water partition coefficient (Wildman–Crippen LogP) is 4.38. The van der Waals surface area contributed by atoms with Crippen molar-refractivity contribution >= 4 is 22.6 Å². The summed E-state index contributed by atoms with van der Waals surface area (Å²) in [7, 11) is 0. The van der Waals surface area contributed by atoms with Crippen LogP contribution in [-0.2, 0) is 5.88 Å². The van der Waals surface area contributed by atoms with Gasteiger partial charge in [-0.05, 0) is 38.1 Å². The Kier molecular flexibility index (Phi) is 3.88. The maximum atomic E-state index is 6.08. The summed E-state index contributed by atoms with van der Waals surface area (Å²) in [6.07, 6.45) is 1.68. The van der Waals surface area contributed by atoms with Crippen LogP contribution in [0.15, 0.2) is 41.0 Å². The van der Waals surface area contributed by atoms with Crippen LogP contribution in [0, 0.1) is 0 Å². The molecule has 0 amide bonds. The first-order valence-electron chi connectivity index (χ1n) is 6.98. The SMILES string of the molecule is CCOc1cccc2c1nc(CCl)n2C(C)c1ccco1. The number of rotatable bonds is 5. The van der Waals surface area contributed by atoms with E-state index in [1.165, 1.54) is 0 Å². The van der Waals surface area contributed by atoms with Crippen molar-refractivity contribution in [1.29, 1.82) is 0 Å². The van der Waals surface area contributed by atoms with Crippen LogP contribution in [0.2, 0.25) is 0 Å². The van der Waals surface area contributed by atoms with Crippen molar-refractivity contribution in [2.24, 2.45) is 0 Å². The minimum Gasteiger partial charge on any atom is -0.492 e. The number of para-hydroxylation sites is 1. The average Bonchev–Trinajstić information content (AvgIpc) is 3.14. The zero-order valence-corrected chi connectivity index (χ0v) is 12.8.